The van der Waals surface area contributed by atoms with Crippen LogP contribution in [0.15, 0.2) is 18.6 Å². The van der Waals surface area contributed by atoms with Crippen molar-refractivity contribution in [3.05, 3.63) is 18.6 Å². The van der Waals surface area contributed by atoms with E-state index in [2.05, 4.69) is 33.8 Å². The Balaban J connectivity index is 1.81. The summed E-state index contributed by atoms with van der Waals surface area (Å²) in [6.45, 7) is 4.28. The van der Waals surface area contributed by atoms with Gasteiger partial charge in [0.2, 0.25) is 5.91 Å². The maximum Gasteiger partial charge on any atom is 0.236 e. The fourth-order valence-electron chi connectivity index (χ4n) is 3.45. The standard InChI is InChI=1S/C17H26N6O/c1-12-6-8-23(15(24)10-21(2)3)9-14(12)22(4)17-13-5-7-18-16(13)19-11-20-17/h5,7,11-12,14H,6,8-10H2,1-4H3,(H,18,19,20). The summed E-state index contributed by atoms with van der Waals surface area (Å²) >= 11 is 0. The molecule has 1 aliphatic heterocycles. The monoisotopic (exact) mass is 330 g/mol. The lowest BCUT2D eigenvalue weighted by Gasteiger charge is -2.42. The Bertz CT molecular complexity index is 712. The fourth-order valence-corrected chi connectivity index (χ4v) is 3.45. The molecule has 3 rings (SSSR count). The van der Waals surface area contributed by atoms with E-state index in [1.165, 1.54) is 0 Å². The Morgan fingerprint density at radius 3 is 2.92 bits per heavy atom. The molecule has 2 atom stereocenters. The van der Waals surface area contributed by atoms with Crippen molar-refractivity contribution < 1.29 is 4.79 Å². The third kappa shape index (κ3) is 3.21. The lowest BCUT2D eigenvalue weighted by atomic mass is 9.92. The zero-order valence-electron chi connectivity index (χ0n) is 14.9. The first-order valence-corrected chi connectivity index (χ1v) is 8.40. The average Bonchev–Trinajstić information content (AvgIpc) is 3.02. The van der Waals surface area contributed by atoms with Gasteiger partial charge < -0.3 is 19.7 Å². The number of carbonyl (C=O) groups excluding carboxylic acids is 1. The summed E-state index contributed by atoms with van der Waals surface area (Å²) in [6, 6.07) is 2.25. The second-order valence-electron chi connectivity index (χ2n) is 6.96. The number of anilines is 1. The number of aromatic nitrogens is 3. The van der Waals surface area contributed by atoms with E-state index in [1.54, 1.807) is 6.33 Å². The van der Waals surface area contributed by atoms with Crippen LogP contribution in [0, 0.1) is 5.92 Å². The van der Waals surface area contributed by atoms with Crippen molar-refractivity contribution in [2.24, 2.45) is 5.92 Å². The van der Waals surface area contributed by atoms with E-state index in [1.807, 2.05) is 36.2 Å². The number of amides is 1. The highest BCUT2D eigenvalue weighted by atomic mass is 16.2. The van der Waals surface area contributed by atoms with Gasteiger partial charge in [-0.05, 0) is 32.5 Å². The molecule has 1 aliphatic rings. The molecule has 0 saturated carbocycles. The molecule has 24 heavy (non-hydrogen) atoms. The van der Waals surface area contributed by atoms with Crippen molar-refractivity contribution in [1.82, 2.24) is 24.8 Å². The van der Waals surface area contributed by atoms with Gasteiger partial charge in [0.05, 0.1) is 18.0 Å². The van der Waals surface area contributed by atoms with Crippen LogP contribution in [0.4, 0.5) is 5.82 Å². The van der Waals surface area contributed by atoms with Crippen LogP contribution in [0.1, 0.15) is 13.3 Å². The number of nitrogens with one attached hydrogen (secondary N) is 1. The molecule has 1 amide bonds. The molecule has 2 unspecified atom stereocenters. The highest BCUT2D eigenvalue weighted by Crippen LogP contribution is 2.28. The Morgan fingerprint density at radius 2 is 2.17 bits per heavy atom. The van der Waals surface area contributed by atoms with Gasteiger partial charge in [0, 0.05) is 26.3 Å². The maximum absolute atomic E-state index is 12.4. The third-order valence-corrected chi connectivity index (χ3v) is 4.89. The van der Waals surface area contributed by atoms with Gasteiger partial charge in [-0.25, -0.2) is 9.97 Å². The van der Waals surface area contributed by atoms with Gasteiger partial charge in [0.1, 0.15) is 17.8 Å². The quantitative estimate of drug-likeness (QED) is 0.912. The Hall–Kier alpha value is -2.15. The molecule has 1 N–H and O–H groups in total. The van der Waals surface area contributed by atoms with Crippen molar-refractivity contribution in [3.8, 4) is 0 Å². The van der Waals surface area contributed by atoms with Crippen LogP contribution in [0.3, 0.4) is 0 Å². The fraction of sp³-hybridized carbons (Fsp3) is 0.588. The number of hydrogen-bond donors (Lipinski definition) is 1. The number of likely N-dealkylation sites (N-methyl/N-ethyl adjacent to an activating group) is 2. The van der Waals surface area contributed by atoms with Gasteiger partial charge in [0.15, 0.2) is 0 Å². The number of nitrogens with zero attached hydrogens (tertiary/aromatic N) is 5. The first-order valence-electron chi connectivity index (χ1n) is 8.40. The molecule has 2 aromatic heterocycles. The van der Waals surface area contributed by atoms with Gasteiger partial charge in [-0.1, -0.05) is 6.92 Å². The zero-order chi connectivity index (χ0) is 17.3. The van der Waals surface area contributed by atoms with Crippen molar-refractivity contribution in [2.45, 2.75) is 19.4 Å². The molecular formula is C17H26N6O. The molecule has 0 aromatic carbocycles. The van der Waals surface area contributed by atoms with Crippen LogP contribution in [0.2, 0.25) is 0 Å². The number of hydrogen-bond acceptors (Lipinski definition) is 5. The summed E-state index contributed by atoms with van der Waals surface area (Å²) in [4.78, 5) is 30.4. The molecule has 0 aliphatic carbocycles. The minimum Gasteiger partial charge on any atom is -0.354 e. The second kappa shape index (κ2) is 6.76. The van der Waals surface area contributed by atoms with Crippen LogP contribution < -0.4 is 4.90 Å². The Morgan fingerprint density at radius 1 is 1.38 bits per heavy atom. The number of piperidine rings is 1. The molecule has 1 saturated heterocycles. The van der Waals surface area contributed by atoms with Crippen LogP contribution in [0.25, 0.3) is 11.0 Å². The first kappa shape index (κ1) is 16.7. The second-order valence-corrected chi connectivity index (χ2v) is 6.96. The summed E-state index contributed by atoms with van der Waals surface area (Å²) in [5, 5.41) is 1.02. The predicted molar refractivity (Wildman–Crippen MR) is 95.0 cm³/mol. The van der Waals surface area contributed by atoms with Gasteiger partial charge in [-0.15, -0.1) is 0 Å². The third-order valence-electron chi connectivity index (χ3n) is 4.89. The highest BCUT2D eigenvalue weighted by Gasteiger charge is 2.32. The lowest BCUT2D eigenvalue weighted by molar-refractivity contribution is -0.133. The summed E-state index contributed by atoms with van der Waals surface area (Å²) in [5.74, 6) is 1.61. The number of likely N-dealkylation sites (tertiary alicyclic amines) is 1. The topological polar surface area (TPSA) is 68.4 Å². The number of aromatic amines is 1. The molecule has 0 radical (unpaired) electrons. The molecule has 3 heterocycles. The number of fused-ring (bicyclic) bond motifs is 1. The van der Waals surface area contributed by atoms with Gasteiger partial charge in [0.25, 0.3) is 0 Å². The molecule has 0 spiro atoms. The molecule has 7 nitrogen and oxygen atoms in total. The smallest absolute Gasteiger partial charge is 0.236 e. The van der Waals surface area contributed by atoms with Crippen LogP contribution in [-0.2, 0) is 4.79 Å². The number of rotatable bonds is 4. The van der Waals surface area contributed by atoms with Crippen molar-refractivity contribution in [1.29, 1.82) is 0 Å². The summed E-state index contributed by atoms with van der Waals surface area (Å²) in [7, 11) is 5.92. The minimum absolute atomic E-state index is 0.194. The van der Waals surface area contributed by atoms with E-state index in [0.29, 0.717) is 12.5 Å². The lowest BCUT2D eigenvalue weighted by Crippen LogP contribution is -2.54. The number of carbonyl (C=O) groups is 1. The zero-order valence-corrected chi connectivity index (χ0v) is 14.9. The largest absolute Gasteiger partial charge is 0.354 e. The molecule has 7 heteroatoms. The molecular weight excluding hydrogens is 304 g/mol. The van der Waals surface area contributed by atoms with E-state index < -0.39 is 0 Å². The van der Waals surface area contributed by atoms with Crippen molar-refractivity contribution >= 4 is 22.8 Å². The maximum atomic E-state index is 12.4. The molecule has 2 aromatic rings. The summed E-state index contributed by atoms with van der Waals surface area (Å²) in [5.41, 5.74) is 0.843. The van der Waals surface area contributed by atoms with Gasteiger partial charge in [-0.2, -0.15) is 0 Å². The van der Waals surface area contributed by atoms with Gasteiger partial charge in [-0.3, -0.25) is 4.79 Å². The highest BCUT2D eigenvalue weighted by molar-refractivity contribution is 5.87. The van der Waals surface area contributed by atoms with E-state index >= 15 is 0 Å². The predicted octanol–water partition coefficient (Wildman–Crippen LogP) is 1.19. The van der Waals surface area contributed by atoms with Crippen molar-refractivity contribution in [3.63, 3.8) is 0 Å². The Kier molecular flexibility index (Phi) is 4.71. The molecule has 1 fully saturated rings. The van der Waals surface area contributed by atoms with E-state index in [0.717, 1.165) is 36.4 Å². The molecule has 0 bridgehead atoms. The summed E-state index contributed by atoms with van der Waals surface area (Å²) in [6.07, 6.45) is 4.48. The Labute approximate surface area is 142 Å². The van der Waals surface area contributed by atoms with Crippen molar-refractivity contribution in [2.75, 3.05) is 45.7 Å². The normalized spacial score (nSPS) is 21.5. The van der Waals surface area contributed by atoms with Gasteiger partial charge >= 0.3 is 0 Å². The van der Waals surface area contributed by atoms with E-state index in [4.69, 9.17) is 0 Å². The van der Waals surface area contributed by atoms with Crippen LogP contribution in [-0.4, -0.2) is 77.5 Å². The number of H-pyrrole nitrogens is 1. The van der Waals surface area contributed by atoms with E-state index in [-0.39, 0.29) is 11.9 Å². The van der Waals surface area contributed by atoms with E-state index in [9.17, 15) is 4.79 Å². The van der Waals surface area contributed by atoms with Crippen LogP contribution in [0.5, 0.6) is 0 Å². The SMILES string of the molecule is CC1CCN(C(=O)CN(C)C)CC1N(C)c1ncnc2[nH]ccc12. The first-order chi connectivity index (χ1) is 11.5. The summed E-state index contributed by atoms with van der Waals surface area (Å²) < 4.78 is 0. The minimum atomic E-state index is 0.194. The average molecular weight is 330 g/mol. The van der Waals surface area contributed by atoms with Crippen LogP contribution >= 0.6 is 0 Å². The molecule has 130 valence electrons.